The highest BCUT2D eigenvalue weighted by atomic mass is 16.6. The van der Waals surface area contributed by atoms with E-state index in [0.29, 0.717) is 0 Å². The number of aliphatic hydroxyl groups excluding tert-OH is 1. The van der Waals surface area contributed by atoms with Crippen molar-refractivity contribution in [2.24, 2.45) is 5.92 Å². The first-order valence-corrected chi connectivity index (χ1v) is 10.2. The lowest BCUT2D eigenvalue weighted by atomic mass is 9.95. The number of hydrogen-bond donors (Lipinski definition) is 1. The number of unbranched alkanes of at least 4 members (excludes halogenated alkanes) is 10. The minimum atomic E-state index is -0.609. The highest BCUT2D eigenvalue weighted by Gasteiger charge is 2.40. The molecule has 0 bridgehead atoms. The fourth-order valence-corrected chi connectivity index (χ4v) is 3.35. The zero-order valence-corrected chi connectivity index (χ0v) is 15.8. The third-order valence-electron chi connectivity index (χ3n) is 5.02. The van der Waals surface area contributed by atoms with Gasteiger partial charge in [0.25, 0.3) is 0 Å². The molecule has 0 aliphatic carbocycles. The van der Waals surface area contributed by atoms with E-state index in [4.69, 9.17) is 4.74 Å². The molecule has 1 fully saturated rings. The van der Waals surface area contributed by atoms with Gasteiger partial charge < -0.3 is 9.84 Å². The van der Waals surface area contributed by atoms with E-state index >= 15 is 0 Å². The van der Waals surface area contributed by atoms with E-state index in [9.17, 15) is 9.90 Å². The Morgan fingerprint density at radius 2 is 1.46 bits per heavy atom. The van der Waals surface area contributed by atoms with Crippen molar-refractivity contribution >= 4 is 5.97 Å². The average molecular weight is 339 g/mol. The van der Waals surface area contributed by atoms with Gasteiger partial charge in [-0.2, -0.15) is 0 Å². The summed E-state index contributed by atoms with van der Waals surface area (Å²) in [5, 5.41) is 9.88. The predicted molar refractivity (Wildman–Crippen MR) is 99.9 cm³/mol. The fourth-order valence-electron chi connectivity index (χ4n) is 3.35. The van der Waals surface area contributed by atoms with E-state index < -0.39 is 6.10 Å². The maximum Gasteiger partial charge on any atom is 0.312 e. The Kier molecular flexibility index (Phi) is 11.9. The summed E-state index contributed by atoms with van der Waals surface area (Å²) in [7, 11) is 0. The molecule has 3 nitrogen and oxygen atoms in total. The lowest BCUT2D eigenvalue weighted by molar-refractivity contribution is -0.143. The molecule has 0 spiro atoms. The molecule has 0 radical (unpaired) electrons. The molecule has 24 heavy (non-hydrogen) atoms. The second-order valence-corrected chi connectivity index (χ2v) is 7.26. The second kappa shape index (κ2) is 13.5. The average Bonchev–Trinajstić information content (AvgIpc) is 2.81. The summed E-state index contributed by atoms with van der Waals surface area (Å²) in [6.07, 6.45) is 19.6. The van der Waals surface area contributed by atoms with Crippen LogP contribution in [0.2, 0.25) is 0 Å². The summed E-state index contributed by atoms with van der Waals surface area (Å²) in [6.45, 7) is 4.02. The topological polar surface area (TPSA) is 46.5 Å². The summed E-state index contributed by atoms with van der Waals surface area (Å²) < 4.78 is 5.06. The number of aliphatic hydroxyl groups is 1. The molecule has 3 atom stereocenters. The van der Waals surface area contributed by atoms with Gasteiger partial charge in [0.05, 0.1) is 5.92 Å². The first-order valence-electron chi connectivity index (χ1n) is 10.2. The van der Waals surface area contributed by atoms with Gasteiger partial charge in [-0.25, -0.2) is 0 Å². The number of rotatable bonds is 14. The minimum Gasteiger partial charge on any atom is -0.460 e. The normalized spacial score (nSPS) is 24.0. The fraction of sp³-hybridized carbons (Fsp3) is 0.857. The molecule has 1 heterocycles. The molecule has 140 valence electrons. The van der Waals surface area contributed by atoms with Gasteiger partial charge in [0.1, 0.15) is 12.2 Å². The van der Waals surface area contributed by atoms with Crippen LogP contribution in [0, 0.1) is 5.92 Å². The zero-order chi connectivity index (χ0) is 17.6. The van der Waals surface area contributed by atoms with Gasteiger partial charge in [0.2, 0.25) is 0 Å². The van der Waals surface area contributed by atoms with Gasteiger partial charge in [-0.05, 0) is 39.0 Å². The van der Waals surface area contributed by atoms with Crippen molar-refractivity contribution in [2.45, 2.75) is 110 Å². The van der Waals surface area contributed by atoms with Gasteiger partial charge in [0, 0.05) is 0 Å². The lowest BCUT2D eigenvalue weighted by Gasteiger charge is -2.11. The number of hydrogen-bond acceptors (Lipinski definition) is 3. The van der Waals surface area contributed by atoms with Crippen molar-refractivity contribution in [3.8, 4) is 0 Å². The number of allylic oxidation sites excluding steroid dienone is 2. The highest BCUT2D eigenvalue weighted by molar-refractivity contribution is 5.75. The molecule has 0 aromatic heterocycles. The maximum atomic E-state index is 11.6. The molecular formula is C21H38O3. The van der Waals surface area contributed by atoms with Gasteiger partial charge in [0.15, 0.2) is 0 Å². The SMILES string of the molecule is CCCCCCCC/C=C\CCCCCC[C@@H]1C(=O)O[C@@H](C)[C@@H]1O. The molecule has 0 amide bonds. The molecular weight excluding hydrogens is 300 g/mol. The summed E-state index contributed by atoms with van der Waals surface area (Å²) in [6, 6.07) is 0. The van der Waals surface area contributed by atoms with Crippen LogP contribution in [0.25, 0.3) is 0 Å². The van der Waals surface area contributed by atoms with E-state index in [1.54, 1.807) is 6.92 Å². The van der Waals surface area contributed by atoms with Crippen LogP contribution in [0.4, 0.5) is 0 Å². The summed E-state index contributed by atoms with van der Waals surface area (Å²) in [5.41, 5.74) is 0. The number of carbonyl (C=O) groups is 1. The predicted octanol–water partition coefficient (Wildman–Crippen LogP) is 5.56. The van der Waals surface area contributed by atoms with Crippen molar-refractivity contribution in [2.75, 3.05) is 0 Å². The van der Waals surface area contributed by atoms with Crippen LogP contribution in [0.5, 0.6) is 0 Å². The zero-order valence-electron chi connectivity index (χ0n) is 15.8. The van der Waals surface area contributed by atoms with Crippen LogP contribution < -0.4 is 0 Å². The van der Waals surface area contributed by atoms with Crippen LogP contribution in [0.1, 0.15) is 97.3 Å². The van der Waals surface area contributed by atoms with Crippen molar-refractivity contribution < 1.29 is 14.6 Å². The lowest BCUT2D eigenvalue weighted by Crippen LogP contribution is -2.24. The number of carbonyl (C=O) groups excluding carboxylic acids is 1. The number of ether oxygens (including phenoxy) is 1. The number of esters is 1. The van der Waals surface area contributed by atoms with Crippen LogP contribution in [-0.4, -0.2) is 23.3 Å². The molecule has 0 saturated carbocycles. The molecule has 1 N–H and O–H groups in total. The Hall–Kier alpha value is -0.830. The van der Waals surface area contributed by atoms with E-state index in [2.05, 4.69) is 19.1 Å². The Morgan fingerprint density at radius 3 is 2.00 bits per heavy atom. The van der Waals surface area contributed by atoms with Gasteiger partial charge in [-0.1, -0.05) is 70.4 Å². The van der Waals surface area contributed by atoms with Gasteiger partial charge in [-0.15, -0.1) is 0 Å². The summed E-state index contributed by atoms with van der Waals surface area (Å²) >= 11 is 0. The second-order valence-electron chi connectivity index (χ2n) is 7.26. The highest BCUT2D eigenvalue weighted by Crippen LogP contribution is 2.26. The molecule has 3 heteroatoms. The third-order valence-corrected chi connectivity index (χ3v) is 5.02. The van der Waals surface area contributed by atoms with E-state index in [-0.39, 0.29) is 18.0 Å². The van der Waals surface area contributed by atoms with Gasteiger partial charge in [-0.3, -0.25) is 4.79 Å². The Morgan fingerprint density at radius 1 is 0.917 bits per heavy atom. The van der Waals surface area contributed by atoms with Crippen molar-refractivity contribution in [1.82, 2.24) is 0 Å². The maximum absolute atomic E-state index is 11.6. The minimum absolute atomic E-state index is 0.215. The van der Waals surface area contributed by atoms with E-state index in [1.807, 2.05) is 0 Å². The third kappa shape index (κ3) is 8.86. The van der Waals surface area contributed by atoms with E-state index in [1.165, 1.54) is 64.2 Å². The first kappa shape index (κ1) is 21.2. The van der Waals surface area contributed by atoms with E-state index in [0.717, 1.165) is 19.3 Å². The molecule has 1 rings (SSSR count). The van der Waals surface area contributed by atoms with Crippen LogP contribution in [0.3, 0.4) is 0 Å². The quantitative estimate of drug-likeness (QED) is 0.256. The standard InChI is InChI=1S/C21H38O3/c1-3-4-5-6-7-8-9-10-11-12-13-14-15-16-17-19-20(22)18(2)24-21(19)23/h10-11,18-20,22H,3-9,12-17H2,1-2H3/b11-10-/t18-,19-,20-/m0/s1. The Bertz CT molecular complexity index is 351. The Balaban J connectivity index is 1.87. The van der Waals surface area contributed by atoms with Crippen LogP contribution in [-0.2, 0) is 9.53 Å². The molecule has 0 unspecified atom stereocenters. The van der Waals surface area contributed by atoms with Crippen molar-refractivity contribution in [1.29, 1.82) is 0 Å². The van der Waals surface area contributed by atoms with Crippen LogP contribution in [0.15, 0.2) is 12.2 Å². The first-order chi connectivity index (χ1) is 11.7. The molecule has 0 aromatic carbocycles. The smallest absolute Gasteiger partial charge is 0.312 e. The molecule has 1 saturated heterocycles. The molecule has 1 aliphatic rings. The number of cyclic esters (lactones) is 1. The summed E-state index contributed by atoms with van der Waals surface area (Å²) in [4.78, 5) is 11.6. The largest absolute Gasteiger partial charge is 0.460 e. The summed E-state index contributed by atoms with van der Waals surface area (Å²) in [5.74, 6) is -0.509. The van der Waals surface area contributed by atoms with Crippen molar-refractivity contribution in [3.05, 3.63) is 12.2 Å². The van der Waals surface area contributed by atoms with Crippen molar-refractivity contribution in [3.63, 3.8) is 0 Å². The monoisotopic (exact) mass is 338 g/mol. The Labute approximate surface area is 148 Å². The molecule has 0 aromatic rings. The molecule has 1 aliphatic heterocycles. The van der Waals surface area contributed by atoms with Gasteiger partial charge >= 0.3 is 5.97 Å². The van der Waals surface area contributed by atoms with Crippen LogP contribution >= 0.6 is 0 Å².